The number of amides is 1. The predicted octanol–water partition coefficient (Wildman–Crippen LogP) is 3.19. The Hall–Kier alpha value is -2.70. The minimum Gasteiger partial charge on any atom is -0.505 e. The second-order valence-electron chi connectivity index (χ2n) is 9.30. The number of rotatable bonds is 8. The van der Waals surface area contributed by atoms with E-state index in [0.29, 0.717) is 10.1 Å². The monoisotopic (exact) mass is 542 g/mol. The number of hydrogen-bond donors (Lipinski definition) is 2. The highest BCUT2D eigenvalue weighted by Gasteiger charge is 2.46. The highest BCUT2D eigenvalue weighted by Crippen LogP contribution is 2.31. The number of hydrogen-bond acceptors (Lipinski definition) is 8. The zero-order chi connectivity index (χ0) is 26.8. The van der Waals surface area contributed by atoms with Crippen molar-refractivity contribution in [1.82, 2.24) is 9.62 Å². The summed E-state index contributed by atoms with van der Waals surface area (Å²) in [6.45, 7) is 6.81. The molecule has 196 valence electrons. The second-order valence-corrected chi connectivity index (χ2v) is 12.2. The van der Waals surface area contributed by atoms with Crippen molar-refractivity contribution in [1.29, 1.82) is 0 Å². The van der Waals surface area contributed by atoms with Gasteiger partial charge in [0.1, 0.15) is 17.2 Å². The third-order valence-corrected chi connectivity index (χ3v) is 8.65. The van der Waals surface area contributed by atoms with E-state index in [9.17, 15) is 31.9 Å². The van der Waals surface area contributed by atoms with Gasteiger partial charge in [-0.15, -0.1) is 11.8 Å². The summed E-state index contributed by atoms with van der Waals surface area (Å²) < 4.78 is 60.9. The fourth-order valence-corrected chi connectivity index (χ4v) is 6.55. The Labute approximate surface area is 213 Å². The summed E-state index contributed by atoms with van der Waals surface area (Å²) in [4.78, 5) is 26.5. The minimum atomic E-state index is -4.69. The summed E-state index contributed by atoms with van der Waals surface area (Å²) in [5.74, 6) is -3.72. The van der Waals surface area contributed by atoms with E-state index in [0.717, 1.165) is 36.4 Å². The van der Waals surface area contributed by atoms with Crippen molar-refractivity contribution in [3.05, 3.63) is 59.7 Å². The molecule has 12 heteroatoms. The maximum absolute atomic E-state index is 14.1. The van der Waals surface area contributed by atoms with E-state index < -0.39 is 73.7 Å². The van der Waals surface area contributed by atoms with Crippen LogP contribution in [0.15, 0.2) is 47.4 Å². The molecule has 0 aliphatic carbocycles. The van der Waals surface area contributed by atoms with Crippen LogP contribution in [0.1, 0.15) is 33.3 Å². The lowest BCUT2D eigenvalue weighted by Gasteiger charge is -2.32. The molecule has 0 aromatic heterocycles. The van der Waals surface area contributed by atoms with Crippen LogP contribution in [0.3, 0.4) is 0 Å². The van der Waals surface area contributed by atoms with Crippen LogP contribution >= 0.6 is 11.8 Å². The van der Waals surface area contributed by atoms with E-state index in [1.165, 1.54) is 17.8 Å². The number of sulfonamides is 1. The Morgan fingerprint density at radius 3 is 2.36 bits per heavy atom. The van der Waals surface area contributed by atoms with Crippen LogP contribution in [0.4, 0.5) is 8.78 Å². The van der Waals surface area contributed by atoms with Crippen LogP contribution in [0.2, 0.25) is 0 Å². The lowest BCUT2D eigenvalue weighted by molar-refractivity contribution is -0.155. The highest BCUT2D eigenvalue weighted by molar-refractivity contribution is 8.01. The summed E-state index contributed by atoms with van der Waals surface area (Å²) >= 11 is 1.18. The van der Waals surface area contributed by atoms with Crippen molar-refractivity contribution in [2.45, 2.75) is 62.1 Å². The number of nitrogens with one attached hydrogen (secondary N) is 1. The van der Waals surface area contributed by atoms with Crippen LogP contribution in [-0.2, 0) is 30.8 Å². The maximum atomic E-state index is 14.1. The fraction of sp³-hybridized carbons (Fsp3) is 0.417. The number of ether oxygens (including phenoxy) is 1. The first-order valence-corrected chi connectivity index (χ1v) is 13.6. The van der Waals surface area contributed by atoms with Gasteiger partial charge in [0, 0.05) is 17.7 Å². The van der Waals surface area contributed by atoms with Gasteiger partial charge in [-0.1, -0.05) is 6.07 Å². The maximum Gasteiger partial charge on any atom is 0.330 e. The molecule has 0 radical (unpaired) electrons. The third-order valence-electron chi connectivity index (χ3n) is 5.29. The smallest absolute Gasteiger partial charge is 0.330 e. The lowest BCUT2D eigenvalue weighted by atomic mass is 10.0. The number of esters is 1. The van der Waals surface area contributed by atoms with Gasteiger partial charge in [-0.2, -0.15) is 0 Å². The molecule has 1 heterocycles. The number of halogens is 2. The van der Waals surface area contributed by atoms with Crippen molar-refractivity contribution in [3.63, 3.8) is 0 Å². The summed E-state index contributed by atoms with van der Waals surface area (Å²) in [6, 6.07) is 5.47. The fourth-order valence-electron chi connectivity index (χ4n) is 3.61. The number of phenols is 1. The molecule has 1 aliphatic rings. The average Bonchev–Trinajstić information content (AvgIpc) is 3.15. The lowest BCUT2D eigenvalue weighted by Crippen LogP contribution is -2.56. The van der Waals surface area contributed by atoms with Gasteiger partial charge in [-0.05, 0) is 69.7 Å². The Morgan fingerprint density at radius 1 is 1.19 bits per heavy atom. The molecular formula is C24H28F2N2O6S2. The van der Waals surface area contributed by atoms with E-state index in [1.54, 1.807) is 13.8 Å². The Bertz CT molecular complexity index is 1240. The largest absolute Gasteiger partial charge is 0.505 e. The first-order valence-electron chi connectivity index (χ1n) is 11.1. The Morgan fingerprint density at radius 2 is 1.83 bits per heavy atom. The summed E-state index contributed by atoms with van der Waals surface area (Å²) in [5.41, 5.74) is -0.333. The van der Waals surface area contributed by atoms with E-state index in [4.69, 9.17) is 4.74 Å². The third kappa shape index (κ3) is 6.34. The van der Waals surface area contributed by atoms with Gasteiger partial charge in [-0.3, -0.25) is 10.1 Å². The molecule has 2 aromatic rings. The normalized spacial score (nSPS) is 18.1. The Kier molecular flexibility index (Phi) is 8.31. The molecule has 0 saturated carbocycles. The first kappa shape index (κ1) is 27.9. The topological polar surface area (TPSA) is 113 Å². The molecule has 0 bridgehead atoms. The van der Waals surface area contributed by atoms with Gasteiger partial charge in [0.2, 0.25) is 0 Å². The van der Waals surface area contributed by atoms with Gasteiger partial charge in [-0.25, -0.2) is 26.3 Å². The number of thioether (sulfide) groups is 1. The van der Waals surface area contributed by atoms with Gasteiger partial charge in [0.05, 0.1) is 11.0 Å². The summed E-state index contributed by atoms with van der Waals surface area (Å²) in [7, 11) is -4.69. The van der Waals surface area contributed by atoms with Crippen LogP contribution in [0.25, 0.3) is 0 Å². The van der Waals surface area contributed by atoms with Gasteiger partial charge in [0.25, 0.3) is 15.9 Å². The molecule has 36 heavy (non-hydrogen) atoms. The van der Waals surface area contributed by atoms with Crippen LogP contribution in [0, 0.1) is 11.6 Å². The second kappa shape index (κ2) is 10.7. The molecule has 1 fully saturated rings. The molecule has 2 N–H and O–H groups in total. The zero-order valence-electron chi connectivity index (χ0n) is 20.2. The number of nitrogens with zero attached hydrogens (tertiary/aromatic N) is 1. The van der Waals surface area contributed by atoms with Crippen molar-refractivity contribution in [2.75, 3.05) is 5.75 Å². The van der Waals surface area contributed by atoms with Crippen LogP contribution in [-0.4, -0.2) is 58.5 Å². The molecule has 0 spiro atoms. The molecule has 2 aromatic carbocycles. The van der Waals surface area contributed by atoms with Gasteiger partial charge < -0.3 is 9.84 Å². The quantitative estimate of drug-likeness (QED) is 0.489. The highest BCUT2D eigenvalue weighted by atomic mass is 32.2. The minimum absolute atomic E-state index is 0.149. The number of aromatic hydroxyl groups is 1. The van der Waals surface area contributed by atoms with E-state index in [-0.39, 0.29) is 5.56 Å². The first-order chi connectivity index (χ1) is 16.7. The molecular weight excluding hydrogens is 514 g/mol. The van der Waals surface area contributed by atoms with Crippen molar-refractivity contribution in [2.24, 2.45) is 0 Å². The number of carbonyl (C=O) groups excluding carboxylic acids is 2. The molecule has 1 aliphatic heterocycles. The number of phenolic OH excluding ortho intramolecular Hbond substituents is 1. The van der Waals surface area contributed by atoms with Gasteiger partial charge in [0.15, 0.2) is 11.6 Å². The zero-order valence-corrected chi connectivity index (χ0v) is 21.8. The molecule has 1 amide bonds. The van der Waals surface area contributed by atoms with Crippen LogP contribution < -0.4 is 5.32 Å². The van der Waals surface area contributed by atoms with E-state index in [1.807, 2.05) is 13.8 Å². The average molecular weight is 543 g/mol. The molecule has 3 rings (SSSR count). The van der Waals surface area contributed by atoms with E-state index >= 15 is 0 Å². The molecule has 8 nitrogen and oxygen atoms in total. The molecule has 1 saturated heterocycles. The molecule has 0 unspecified atom stereocenters. The number of carbonyl (C=O) groups is 2. The van der Waals surface area contributed by atoms with E-state index in [2.05, 4.69) is 5.32 Å². The summed E-state index contributed by atoms with van der Waals surface area (Å²) in [5, 5.41) is 11.6. The van der Waals surface area contributed by atoms with Crippen LogP contribution in [0.5, 0.6) is 5.75 Å². The standard InChI is InChI=1S/C24H28F2N2O6S2/c1-14(2)34-23(31)19(12-15-5-10-20(29)18(26)11-15)28(22(30)21-27-24(3,4)13-35-21)36(32,33)17-8-6-16(25)7-9-17/h5-11,14,19,21,27,29H,12-13H2,1-4H3/t19-,21-/m0/s1. The Balaban J connectivity index is 2.14. The SMILES string of the molecule is CC(C)OC(=O)[C@H](Cc1ccc(O)c(F)c1)N(C(=O)[C@H]1NC(C)(C)CS1)S(=O)(=O)c1ccc(F)cc1. The predicted molar refractivity (Wildman–Crippen MR) is 131 cm³/mol. The molecule has 2 atom stereocenters. The number of benzene rings is 2. The van der Waals surface area contributed by atoms with Gasteiger partial charge >= 0.3 is 5.97 Å². The van der Waals surface area contributed by atoms with Crippen molar-refractivity contribution < 1.29 is 36.6 Å². The van der Waals surface area contributed by atoms with Crippen molar-refractivity contribution >= 4 is 33.7 Å². The summed E-state index contributed by atoms with van der Waals surface area (Å²) in [6.07, 6.45) is -1.06. The van der Waals surface area contributed by atoms with Crippen molar-refractivity contribution in [3.8, 4) is 5.75 Å².